The van der Waals surface area contributed by atoms with Gasteiger partial charge >= 0.3 is 0 Å². The third-order valence-electron chi connectivity index (χ3n) is 2.90. The highest BCUT2D eigenvalue weighted by Crippen LogP contribution is 2.19. The van der Waals surface area contributed by atoms with E-state index in [1.165, 1.54) is 0 Å². The molecule has 19 heavy (non-hydrogen) atoms. The highest BCUT2D eigenvalue weighted by atomic mass is 35.5. The third-order valence-corrected chi connectivity index (χ3v) is 3.20. The number of hydrogen-bond donors (Lipinski definition) is 1. The molecule has 100 valence electrons. The minimum atomic E-state index is -0.340. The summed E-state index contributed by atoms with van der Waals surface area (Å²) in [7, 11) is 1.94. The van der Waals surface area contributed by atoms with Crippen LogP contribution in [-0.4, -0.2) is 11.9 Å². The molecule has 0 saturated carbocycles. The summed E-state index contributed by atoms with van der Waals surface area (Å²) < 4.78 is 13.8. The molecule has 0 saturated heterocycles. The summed E-state index contributed by atoms with van der Waals surface area (Å²) >= 11 is 5.77. The van der Waals surface area contributed by atoms with Gasteiger partial charge in [0.2, 0.25) is 0 Å². The molecule has 2 N–H and O–H groups in total. The van der Waals surface area contributed by atoms with Gasteiger partial charge in [-0.25, -0.2) is 4.39 Å². The average Bonchev–Trinajstić information content (AvgIpc) is 2.38. The molecule has 0 aliphatic heterocycles. The lowest BCUT2D eigenvalue weighted by Gasteiger charge is -2.17. The first-order chi connectivity index (χ1) is 9.06. The average molecular weight is 279 g/mol. The maximum Gasteiger partial charge on any atom is 0.146 e. The summed E-state index contributed by atoms with van der Waals surface area (Å²) in [5, 5.41) is 0.165. The van der Waals surface area contributed by atoms with Crippen molar-refractivity contribution in [2.24, 2.45) is 0 Å². The van der Waals surface area contributed by atoms with Gasteiger partial charge in [0, 0.05) is 24.3 Å². The number of hydrogen-bond acceptors (Lipinski definition) is 2. The van der Waals surface area contributed by atoms with Crippen LogP contribution in [0.4, 0.5) is 10.1 Å². The van der Waals surface area contributed by atoms with Crippen LogP contribution >= 0.6 is 11.6 Å². The van der Waals surface area contributed by atoms with Crippen molar-refractivity contribution in [1.82, 2.24) is 4.90 Å². The maximum absolute atomic E-state index is 13.8. The van der Waals surface area contributed by atoms with Gasteiger partial charge in [-0.3, -0.25) is 4.90 Å². The van der Waals surface area contributed by atoms with Gasteiger partial charge in [0.25, 0.3) is 0 Å². The number of benzene rings is 2. The normalized spacial score (nSPS) is 10.9. The van der Waals surface area contributed by atoms with Gasteiger partial charge in [-0.1, -0.05) is 35.9 Å². The maximum atomic E-state index is 13.8. The first-order valence-corrected chi connectivity index (χ1v) is 6.40. The van der Waals surface area contributed by atoms with Gasteiger partial charge in [-0.2, -0.15) is 0 Å². The first-order valence-electron chi connectivity index (χ1n) is 6.02. The predicted molar refractivity (Wildman–Crippen MR) is 77.4 cm³/mol. The van der Waals surface area contributed by atoms with Crippen molar-refractivity contribution in [2.45, 2.75) is 13.1 Å². The molecule has 2 aromatic carbocycles. The second kappa shape index (κ2) is 6.04. The zero-order valence-corrected chi connectivity index (χ0v) is 11.5. The van der Waals surface area contributed by atoms with E-state index in [2.05, 4.69) is 0 Å². The minimum Gasteiger partial charge on any atom is -0.399 e. The smallest absolute Gasteiger partial charge is 0.146 e. The van der Waals surface area contributed by atoms with Crippen molar-refractivity contribution in [1.29, 1.82) is 0 Å². The van der Waals surface area contributed by atoms with Gasteiger partial charge in [0.15, 0.2) is 0 Å². The van der Waals surface area contributed by atoms with Crippen LogP contribution in [0.3, 0.4) is 0 Å². The second-order valence-corrected chi connectivity index (χ2v) is 5.03. The largest absolute Gasteiger partial charge is 0.399 e. The van der Waals surface area contributed by atoms with Gasteiger partial charge in [0.05, 0.1) is 5.02 Å². The van der Waals surface area contributed by atoms with E-state index in [-0.39, 0.29) is 10.8 Å². The van der Waals surface area contributed by atoms with Crippen LogP contribution in [0, 0.1) is 5.82 Å². The molecule has 0 radical (unpaired) electrons. The molecular formula is C15H16ClFN2. The van der Waals surface area contributed by atoms with Gasteiger partial charge in [-0.05, 0) is 30.8 Å². The number of nitrogens with zero attached hydrogens (tertiary/aromatic N) is 1. The lowest BCUT2D eigenvalue weighted by Crippen LogP contribution is -2.18. The van der Waals surface area contributed by atoms with Crippen molar-refractivity contribution < 1.29 is 4.39 Å². The van der Waals surface area contributed by atoms with E-state index in [1.807, 2.05) is 36.2 Å². The summed E-state index contributed by atoms with van der Waals surface area (Å²) in [6.07, 6.45) is 0. The van der Waals surface area contributed by atoms with Gasteiger partial charge in [-0.15, -0.1) is 0 Å². The Kier molecular flexibility index (Phi) is 4.40. The van der Waals surface area contributed by atoms with E-state index in [9.17, 15) is 4.39 Å². The number of nitrogens with two attached hydrogens (primary N) is 1. The Morgan fingerprint density at radius 2 is 1.79 bits per heavy atom. The molecule has 0 aliphatic rings. The standard InChI is InChI=1S/C15H16ClFN2/c1-19(9-11-5-7-13(18)8-6-11)10-12-3-2-4-14(16)15(12)17/h2-8H,9-10,18H2,1H3. The molecule has 0 amide bonds. The molecule has 2 nitrogen and oxygen atoms in total. The second-order valence-electron chi connectivity index (χ2n) is 4.63. The number of nitrogen functional groups attached to an aromatic ring is 1. The van der Waals surface area contributed by atoms with E-state index in [0.29, 0.717) is 12.1 Å². The molecule has 2 rings (SSSR count). The van der Waals surface area contributed by atoms with E-state index in [4.69, 9.17) is 17.3 Å². The Bertz CT molecular complexity index is 555. The van der Waals surface area contributed by atoms with Crippen LogP contribution < -0.4 is 5.73 Å². The third kappa shape index (κ3) is 3.69. The van der Waals surface area contributed by atoms with Crippen LogP contribution in [0.25, 0.3) is 0 Å². The Labute approximate surface area is 117 Å². The highest BCUT2D eigenvalue weighted by molar-refractivity contribution is 6.30. The number of halogens is 2. The van der Waals surface area contributed by atoms with Gasteiger partial charge in [0.1, 0.15) is 5.82 Å². The predicted octanol–water partition coefficient (Wildman–Crippen LogP) is 3.69. The quantitative estimate of drug-likeness (QED) is 0.864. The molecule has 0 heterocycles. The van der Waals surface area contributed by atoms with Crippen LogP contribution in [0.5, 0.6) is 0 Å². The lowest BCUT2D eigenvalue weighted by molar-refractivity contribution is 0.313. The Balaban J connectivity index is 2.03. The number of rotatable bonds is 4. The SMILES string of the molecule is CN(Cc1ccc(N)cc1)Cc1cccc(Cl)c1F. The molecule has 0 aliphatic carbocycles. The Hall–Kier alpha value is -1.58. The lowest BCUT2D eigenvalue weighted by atomic mass is 10.1. The molecule has 0 bridgehead atoms. The van der Waals surface area contributed by atoms with E-state index < -0.39 is 0 Å². The molecule has 0 spiro atoms. The van der Waals surface area contributed by atoms with E-state index >= 15 is 0 Å². The summed E-state index contributed by atoms with van der Waals surface area (Å²) in [5.74, 6) is -0.340. The van der Waals surface area contributed by atoms with Gasteiger partial charge < -0.3 is 5.73 Å². The fourth-order valence-corrected chi connectivity index (χ4v) is 2.15. The summed E-state index contributed by atoms with van der Waals surface area (Å²) in [4.78, 5) is 2.03. The fraction of sp³-hybridized carbons (Fsp3) is 0.200. The van der Waals surface area contributed by atoms with E-state index in [1.54, 1.807) is 18.2 Å². The fourth-order valence-electron chi connectivity index (χ4n) is 1.95. The van der Waals surface area contributed by atoms with Crippen molar-refractivity contribution >= 4 is 17.3 Å². The zero-order chi connectivity index (χ0) is 13.8. The molecular weight excluding hydrogens is 263 g/mol. The Morgan fingerprint density at radius 1 is 1.11 bits per heavy atom. The molecule has 2 aromatic rings. The van der Waals surface area contributed by atoms with Crippen molar-refractivity contribution in [2.75, 3.05) is 12.8 Å². The first kappa shape index (κ1) is 13.8. The Morgan fingerprint density at radius 3 is 2.47 bits per heavy atom. The topological polar surface area (TPSA) is 29.3 Å². The summed E-state index contributed by atoms with van der Waals surface area (Å²) in [6, 6.07) is 12.7. The molecule has 0 fully saturated rings. The van der Waals surface area contributed by atoms with E-state index in [0.717, 1.165) is 17.8 Å². The molecule has 0 atom stereocenters. The molecule has 0 unspecified atom stereocenters. The monoisotopic (exact) mass is 278 g/mol. The summed E-state index contributed by atoms with van der Waals surface area (Å²) in [6.45, 7) is 1.24. The van der Waals surface area contributed by atoms with Crippen molar-refractivity contribution in [3.8, 4) is 0 Å². The van der Waals surface area contributed by atoms with Crippen molar-refractivity contribution in [3.05, 3.63) is 64.4 Å². The molecule has 4 heteroatoms. The van der Waals surface area contributed by atoms with Crippen LogP contribution in [0.15, 0.2) is 42.5 Å². The van der Waals surface area contributed by atoms with Crippen LogP contribution in [0.1, 0.15) is 11.1 Å². The van der Waals surface area contributed by atoms with Crippen molar-refractivity contribution in [3.63, 3.8) is 0 Å². The zero-order valence-electron chi connectivity index (χ0n) is 10.7. The number of anilines is 1. The summed E-state index contributed by atoms with van der Waals surface area (Å²) in [5.41, 5.74) is 8.12. The highest BCUT2D eigenvalue weighted by Gasteiger charge is 2.09. The van der Waals surface area contributed by atoms with Crippen LogP contribution in [0.2, 0.25) is 5.02 Å². The minimum absolute atomic E-state index is 0.165. The van der Waals surface area contributed by atoms with Crippen LogP contribution in [-0.2, 0) is 13.1 Å². The molecule has 0 aromatic heterocycles.